The highest BCUT2D eigenvalue weighted by Gasteiger charge is 2.16. The van der Waals surface area contributed by atoms with Crippen LogP contribution in [0.2, 0.25) is 0 Å². The first-order valence-corrected chi connectivity index (χ1v) is 8.71. The number of nitrogens with one attached hydrogen (secondary N) is 2. The van der Waals surface area contributed by atoms with E-state index in [1.807, 2.05) is 0 Å². The predicted molar refractivity (Wildman–Crippen MR) is 101 cm³/mol. The third-order valence-electron chi connectivity index (χ3n) is 3.21. The van der Waals surface area contributed by atoms with Gasteiger partial charge in [0.2, 0.25) is 0 Å². The summed E-state index contributed by atoms with van der Waals surface area (Å²) >= 11 is 0. The molecular formula is C19H26N2O7. The van der Waals surface area contributed by atoms with Crippen LogP contribution in [0.4, 0.5) is 10.5 Å². The Balaban J connectivity index is 2.37. The SMILES string of the molecule is COC(=O)CCCNC(=O)COC(=O)c1ccc(NC(=O)OC(C)(C)C)cc1. The van der Waals surface area contributed by atoms with Gasteiger partial charge in [0, 0.05) is 18.7 Å². The van der Waals surface area contributed by atoms with E-state index in [-0.39, 0.29) is 24.5 Å². The molecule has 9 nitrogen and oxygen atoms in total. The molecule has 0 aliphatic rings. The van der Waals surface area contributed by atoms with E-state index in [2.05, 4.69) is 15.4 Å². The molecule has 0 saturated carbocycles. The Morgan fingerprint density at radius 1 is 1.04 bits per heavy atom. The van der Waals surface area contributed by atoms with Gasteiger partial charge in [-0.15, -0.1) is 0 Å². The Hall–Kier alpha value is -3.10. The molecule has 1 aromatic carbocycles. The Bertz CT molecular complexity index is 693. The molecule has 154 valence electrons. The van der Waals surface area contributed by atoms with Crippen molar-refractivity contribution in [2.45, 2.75) is 39.2 Å². The number of carbonyl (C=O) groups is 4. The largest absolute Gasteiger partial charge is 0.469 e. The number of hydrogen-bond donors (Lipinski definition) is 2. The van der Waals surface area contributed by atoms with Crippen molar-refractivity contribution in [2.75, 3.05) is 25.6 Å². The average Bonchev–Trinajstić information content (AvgIpc) is 2.62. The predicted octanol–water partition coefficient (Wildman–Crippen LogP) is 2.26. The number of amides is 2. The summed E-state index contributed by atoms with van der Waals surface area (Å²) in [6.45, 7) is 5.09. The molecule has 0 atom stereocenters. The van der Waals surface area contributed by atoms with Crippen LogP contribution in [0, 0.1) is 0 Å². The van der Waals surface area contributed by atoms with Crippen molar-refractivity contribution in [2.24, 2.45) is 0 Å². The van der Waals surface area contributed by atoms with E-state index in [0.29, 0.717) is 12.1 Å². The molecule has 1 rings (SSSR count). The molecule has 0 spiro atoms. The molecule has 2 N–H and O–H groups in total. The Kier molecular flexibility index (Phi) is 8.94. The second-order valence-corrected chi connectivity index (χ2v) is 6.81. The van der Waals surface area contributed by atoms with Crippen LogP contribution in [0.5, 0.6) is 0 Å². The van der Waals surface area contributed by atoms with E-state index in [1.54, 1.807) is 20.8 Å². The van der Waals surface area contributed by atoms with Crippen molar-refractivity contribution in [3.63, 3.8) is 0 Å². The average molecular weight is 394 g/mol. The van der Waals surface area contributed by atoms with Crippen molar-refractivity contribution in [3.8, 4) is 0 Å². The summed E-state index contributed by atoms with van der Waals surface area (Å²) in [4.78, 5) is 46.2. The number of hydrogen-bond acceptors (Lipinski definition) is 7. The minimum Gasteiger partial charge on any atom is -0.469 e. The van der Waals surface area contributed by atoms with E-state index in [9.17, 15) is 19.2 Å². The van der Waals surface area contributed by atoms with Gasteiger partial charge in [0.15, 0.2) is 6.61 Å². The smallest absolute Gasteiger partial charge is 0.412 e. The molecule has 0 fully saturated rings. The minimum absolute atomic E-state index is 0.195. The van der Waals surface area contributed by atoms with Crippen molar-refractivity contribution in [1.29, 1.82) is 0 Å². The van der Waals surface area contributed by atoms with E-state index in [1.165, 1.54) is 31.4 Å². The number of ether oxygens (including phenoxy) is 3. The fraction of sp³-hybridized carbons (Fsp3) is 0.474. The fourth-order valence-corrected chi connectivity index (χ4v) is 1.94. The van der Waals surface area contributed by atoms with Crippen LogP contribution in [0.1, 0.15) is 44.0 Å². The molecular weight excluding hydrogens is 368 g/mol. The summed E-state index contributed by atoms with van der Waals surface area (Å²) in [7, 11) is 1.29. The van der Waals surface area contributed by atoms with Gasteiger partial charge in [-0.05, 0) is 51.5 Å². The molecule has 0 aromatic heterocycles. The molecule has 0 radical (unpaired) electrons. The van der Waals surface area contributed by atoms with Gasteiger partial charge in [-0.2, -0.15) is 0 Å². The number of carbonyl (C=O) groups excluding carboxylic acids is 4. The van der Waals surface area contributed by atoms with E-state index >= 15 is 0 Å². The lowest BCUT2D eigenvalue weighted by Gasteiger charge is -2.19. The second-order valence-electron chi connectivity index (χ2n) is 6.81. The number of rotatable bonds is 8. The third-order valence-corrected chi connectivity index (χ3v) is 3.21. The summed E-state index contributed by atoms with van der Waals surface area (Å²) in [6.07, 6.45) is 0.0188. The molecule has 0 aliphatic carbocycles. The van der Waals surface area contributed by atoms with E-state index < -0.39 is 30.2 Å². The second kappa shape index (κ2) is 10.9. The monoisotopic (exact) mass is 394 g/mol. The summed E-state index contributed by atoms with van der Waals surface area (Å²) in [6, 6.07) is 5.97. The van der Waals surface area contributed by atoms with Crippen LogP contribution in [0.3, 0.4) is 0 Å². The van der Waals surface area contributed by atoms with Crippen LogP contribution in [-0.4, -0.2) is 49.8 Å². The van der Waals surface area contributed by atoms with Gasteiger partial charge < -0.3 is 19.5 Å². The zero-order chi connectivity index (χ0) is 21.2. The first-order chi connectivity index (χ1) is 13.1. The molecule has 1 aromatic rings. The van der Waals surface area contributed by atoms with Crippen molar-refractivity contribution in [1.82, 2.24) is 5.32 Å². The van der Waals surface area contributed by atoms with Crippen molar-refractivity contribution >= 4 is 29.6 Å². The lowest BCUT2D eigenvalue weighted by molar-refractivity contribution is -0.140. The molecule has 0 bridgehead atoms. The van der Waals surface area contributed by atoms with Crippen LogP contribution in [0.25, 0.3) is 0 Å². The maximum absolute atomic E-state index is 12.0. The van der Waals surface area contributed by atoms with Gasteiger partial charge in [-0.1, -0.05) is 0 Å². The quantitative estimate of drug-likeness (QED) is 0.394. The van der Waals surface area contributed by atoms with Gasteiger partial charge in [0.25, 0.3) is 5.91 Å². The minimum atomic E-state index is -0.673. The van der Waals surface area contributed by atoms with E-state index in [4.69, 9.17) is 9.47 Å². The van der Waals surface area contributed by atoms with Crippen LogP contribution in [-0.2, 0) is 23.8 Å². The molecule has 0 saturated heterocycles. The Morgan fingerprint density at radius 3 is 2.25 bits per heavy atom. The zero-order valence-corrected chi connectivity index (χ0v) is 16.5. The lowest BCUT2D eigenvalue weighted by Crippen LogP contribution is -2.30. The third kappa shape index (κ3) is 9.56. The number of benzene rings is 1. The summed E-state index contributed by atoms with van der Waals surface area (Å²) in [5.74, 6) is -1.50. The van der Waals surface area contributed by atoms with E-state index in [0.717, 1.165) is 0 Å². The molecule has 0 heterocycles. The first kappa shape index (κ1) is 22.9. The highest BCUT2D eigenvalue weighted by Crippen LogP contribution is 2.13. The number of methoxy groups -OCH3 is 1. The van der Waals surface area contributed by atoms with Crippen molar-refractivity contribution < 1.29 is 33.4 Å². The number of esters is 2. The molecule has 9 heteroatoms. The summed E-state index contributed by atoms with van der Waals surface area (Å²) in [5.41, 5.74) is 0.0654. The highest BCUT2D eigenvalue weighted by molar-refractivity contribution is 5.92. The van der Waals surface area contributed by atoms with Gasteiger partial charge >= 0.3 is 18.0 Å². The topological polar surface area (TPSA) is 120 Å². The normalized spacial score (nSPS) is 10.6. The Labute approximate surface area is 163 Å². The van der Waals surface area contributed by atoms with Gasteiger partial charge in [-0.25, -0.2) is 9.59 Å². The molecule has 2 amide bonds. The zero-order valence-electron chi connectivity index (χ0n) is 16.5. The molecule has 28 heavy (non-hydrogen) atoms. The van der Waals surface area contributed by atoms with Crippen LogP contribution in [0.15, 0.2) is 24.3 Å². The first-order valence-electron chi connectivity index (χ1n) is 8.71. The fourth-order valence-electron chi connectivity index (χ4n) is 1.94. The van der Waals surface area contributed by atoms with Gasteiger partial charge in [-0.3, -0.25) is 14.9 Å². The highest BCUT2D eigenvalue weighted by atomic mass is 16.6. The standard InChI is InChI=1S/C19H26N2O7/c1-19(2,3)28-18(25)21-14-9-7-13(8-10-14)17(24)27-12-15(22)20-11-5-6-16(23)26-4/h7-10H,5-6,11-12H2,1-4H3,(H,20,22)(H,21,25). The van der Waals surface area contributed by atoms with Gasteiger partial charge in [0.1, 0.15) is 5.60 Å². The van der Waals surface area contributed by atoms with Crippen molar-refractivity contribution in [3.05, 3.63) is 29.8 Å². The summed E-state index contributed by atoms with van der Waals surface area (Å²) in [5, 5.41) is 5.08. The van der Waals surface area contributed by atoms with Crippen LogP contribution >= 0.6 is 0 Å². The molecule has 0 aliphatic heterocycles. The Morgan fingerprint density at radius 2 is 1.68 bits per heavy atom. The lowest BCUT2D eigenvalue weighted by atomic mass is 10.2. The maximum atomic E-state index is 12.0. The molecule has 0 unspecified atom stereocenters. The summed E-state index contributed by atoms with van der Waals surface area (Å²) < 4.78 is 14.5. The van der Waals surface area contributed by atoms with Gasteiger partial charge in [0.05, 0.1) is 12.7 Å². The maximum Gasteiger partial charge on any atom is 0.412 e. The van der Waals surface area contributed by atoms with Crippen LogP contribution < -0.4 is 10.6 Å². The number of anilines is 1.